The number of hydrogen-bond acceptors (Lipinski definition) is 4. The summed E-state index contributed by atoms with van der Waals surface area (Å²) in [6, 6.07) is 5.49. The third-order valence-corrected chi connectivity index (χ3v) is 2.86. The van der Waals surface area contributed by atoms with Crippen LogP contribution < -0.4 is 5.32 Å². The van der Waals surface area contributed by atoms with E-state index in [1.54, 1.807) is 19.1 Å². The number of hydrogen-bond donors (Lipinski definition) is 2. The lowest BCUT2D eigenvalue weighted by atomic mass is 10.2. The fourth-order valence-corrected chi connectivity index (χ4v) is 1.66. The molecule has 114 valence electrons. The van der Waals surface area contributed by atoms with E-state index in [2.05, 4.69) is 5.32 Å². The highest BCUT2D eigenvalue weighted by molar-refractivity contribution is 5.75. The number of rotatable bonds is 7. The molecule has 0 saturated carbocycles. The zero-order valence-electron chi connectivity index (χ0n) is 11.6. The van der Waals surface area contributed by atoms with Crippen LogP contribution in [0.1, 0.15) is 18.9 Å². The molecule has 2 N–H and O–H groups in total. The summed E-state index contributed by atoms with van der Waals surface area (Å²) in [4.78, 5) is 33.8. The average Bonchev–Trinajstić information content (AvgIpc) is 2.45. The Kier molecular flexibility index (Phi) is 6.12. The lowest BCUT2D eigenvalue weighted by Gasteiger charge is -2.20. The van der Waals surface area contributed by atoms with Gasteiger partial charge in [-0.2, -0.15) is 0 Å². The molecule has 8 heteroatoms. The number of aliphatic carboxylic acids is 1. The number of nitrogens with zero attached hydrogens (tertiary/aromatic N) is 2. The smallest absolute Gasteiger partial charge is 0.317 e. The van der Waals surface area contributed by atoms with Crippen molar-refractivity contribution in [1.82, 2.24) is 10.2 Å². The molecule has 0 aliphatic rings. The van der Waals surface area contributed by atoms with Crippen molar-refractivity contribution in [3.8, 4) is 0 Å². The van der Waals surface area contributed by atoms with Crippen LogP contribution in [0.25, 0.3) is 0 Å². The van der Waals surface area contributed by atoms with E-state index in [1.165, 1.54) is 17.0 Å². The monoisotopic (exact) mass is 295 g/mol. The highest BCUT2D eigenvalue weighted by Crippen LogP contribution is 2.11. The van der Waals surface area contributed by atoms with Crippen molar-refractivity contribution in [2.75, 3.05) is 13.1 Å². The molecule has 1 aromatic rings. The summed E-state index contributed by atoms with van der Waals surface area (Å²) in [6.45, 7) is 2.52. The molecular weight excluding hydrogens is 278 g/mol. The molecular formula is C13H17N3O5. The van der Waals surface area contributed by atoms with Crippen LogP contribution in [0.2, 0.25) is 0 Å². The van der Waals surface area contributed by atoms with Crippen LogP contribution >= 0.6 is 0 Å². The highest BCUT2D eigenvalue weighted by Gasteiger charge is 2.12. The number of carbonyl (C=O) groups excluding carboxylic acids is 1. The van der Waals surface area contributed by atoms with Gasteiger partial charge in [0.15, 0.2) is 0 Å². The molecule has 0 fully saturated rings. The zero-order valence-corrected chi connectivity index (χ0v) is 11.6. The van der Waals surface area contributed by atoms with E-state index in [1.807, 2.05) is 0 Å². The van der Waals surface area contributed by atoms with Crippen LogP contribution in [0.4, 0.5) is 10.5 Å². The minimum Gasteiger partial charge on any atom is -0.481 e. The van der Waals surface area contributed by atoms with E-state index in [0.29, 0.717) is 6.54 Å². The molecule has 0 spiro atoms. The van der Waals surface area contributed by atoms with Gasteiger partial charge in [-0.25, -0.2) is 4.79 Å². The zero-order chi connectivity index (χ0) is 15.8. The topological polar surface area (TPSA) is 113 Å². The maximum absolute atomic E-state index is 11.8. The largest absolute Gasteiger partial charge is 0.481 e. The Morgan fingerprint density at radius 2 is 1.95 bits per heavy atom. The third-order valence-electron chi connectivity index (χ3n) is 2.86. The summed E-state index contributed by atoms with van der Waals surface area (Å²) < 4.78 is 0. The van der Waals surface area contributed by atoms with Crippen LogP contribution in [0, 0.1) is 10.1 Å². The fourth-order valence-electron chi connectivity index (χ4n) is 1.66. The number of nitrogens with one attached hydrogen (secondary N) is 1. The van der Waals surface area contributed by atoms with Crippen molar-refractivity contribution in [3.63, 3.8) is 0 Å². The summed E-state index contributed by atoms with van der Waals surface area (Å²) >= 11 is 0. The minimum atomic E-state index is -0.961. The highest BCUT2D eigenvalue weighted by atomic mass is 16.6. The van der Waals surface area contributed by atoms with E-state index in [0.717, 1.165) is 5.56 Å². The van der Waals surface area contributed by atoms with Gasteiger partial charge < -0.3 is 15.3 Å². The summed E-state index contributed by atoms with van der Waals surface area (Å²) in [5.41, 5.74) is 0.713. The number of carbonyl (C=O) groups is 2. The molecule has 1 aromatic carbocycles. The van der Waals surface area contributed by atoms with Gasteiger partial charge in [-0.15, -0.1) is 0 Å². The van der Waals surface area contributed by atoms with Crippen LogP contribution in [0.5, 0.6) is 0 Å². The Labute approximate surface area is 121 Å². The van der Waals surface area contributed by atoms with E-state index in [4.69, 9.17) is 5.11 Å². The van der Waals surface area contributed by atoms with Gasteiger partial charge in [0.05, 0.1) is 11.3 Å². The normalized spacial score (nSPS) is 9.95. The van der Waals surface area contributed by atoms with Crippen LogP contribution in [0.15, 0.2) is 24.3 Å². The molecule has 21 heavy (non-hydrogen) atoms. The van der Waals surface area contributed by atoms with Crippen LogP contribution in [-0.4, -0.2) is 40.0 Å². The van der Waals surface area contributed by atoms with Crippen molar-refractivity contribution in [2.45, 2.75) is 19.9 Å². The SMILES string of the molecule is CCN(CCC(=O)O)C(=O)NCc1ccc([N+](=O)[O-])cc1. The summed E-state index contributed by atoms with van der Waals surface area (Å²) in [5, 5.41) is 21.8. The Bertz CT molecular complexity index is 515. The first kappa shape index (κ1) is 16.4. The molecule has 2 amide bonds. The Morgan fingerprint density at radius 1 is 1.33 bits per heavy atom. The predicted molar refractivity (Wildman–Crippen MR) is 74.8 cm³/mol. The molecule has 0 aromatic heterocycles. The second-order valence-electron chi connectivity index (χ2n) is 4.31. The van der Waals surface area contributed by atoms with E-state index in [9.17, 15) is 19.7 Å². The first-order valence-electron chi connectivity index (χ1n) is 6.42. The second-order valence-corrected chi connectivity index (χ2v) is 4.31. The van der Waals surface area contributed by atoms with Gasteiger partial charge in [-0.05, 0) is 12.5 Å². The van der Waals surface area contributed by atoms with Crippen molar-refractivity contribution >= 4 is 17.7 Å². The van der Waals surface area contributed by atoms with E-state index < -0.39 is 10.9 Å². The number of amides is 2. The molecule has 0 saturated heterocycles. The standard InChI is InChI=1S/C13H17N3O5/c1-2-15(8-7-12(17)18)13(19)14-9-10-3-5-11(6-4-10)16(20)21/h3-6H,2,7-9H2,1H3,(H,14,19)(H,17,18). The maximum atomic E-state index is 11.8. The molecule has 0 aliphatic carbocycles. The van der Waals surface area contributed by atoms with E-state index in [-0.39, 0.29) is 31.2 Å². The van der Waals surface area contributed by atoms with Crippen molar-refractivity contribution < 1.29 is 19.6 Å². The van der Waals surface area contributed by atoms with Gasteiger partial charge in [0.1, 0.15) is 0 Å². The molecule has 1 rings (SSSR count). The predicted octanol–water partition coefficient (Wildman–Crippen LogP) is 1.60. The summed E-state index contributed by atoms with van der Waals surface area (Å²) in [5.74, 6) is -0.961. The Hall–Kier alpha value is -2.64. The lowest BCUT2D eigenvalue weighted by Crippen LogP contribution is -2.40. The van der Waals surface area contributed by atoms with Crippen molar-refractivity contribution in [1.29, 1.82) is 0 Å². The molecule has 0 atom stereocenters. The van der Waals surface area contributed by atoms with Crippen molar-refractivity contribution in [3.05, 3.63) is 39.9 Å². The average molecular weight is 295 g/mol. The van der Waals surface area contributed by atoms with Gasteiger partial charge in [-0.3, -0.25) is 14.9 Å². The first-order chi connectivity index (χ1) is 9.93. The molecule has 0 radical (unpaired) electrons. The second kappa shape index (κ2) is 7.83. The van der Waals surface area contributed by atoms with Crippen LogP contribution in [0.3, 0.4) is 0 Å². The third kappa shape index (κ3) is 5.47. The molecule has 0 aliphatic heterocycles. The minimum absolute atomic E-state index is 0.0123. The molecule has 0 unspecified atom stereocenters. The fraction of sp³-hybridized carbons (Fsp3) is 0.385. The van der Waals surface area contributed by atoms with Gasteiger partial charge in [0.25, 0.3) is 5.69 Å². The van der Waals surface area contributed by atoms with Gasteiger partial charge in [-0.1, -0.05) is 12.1 Å². The number of nitro groups is 1. The van der Waals surface area contributed by atoms with Gasteiger partial charge in [0.2, 0.25) is 0 Å². The number of benzene rings is 1. The molecule has 0 bridgehead atoms. The number of nitro benzene ring substituents is 1. The summed E-state index contributed by atoms with van der Waals surface area (Å²) in [7, 11) is 0. The first-order valence-corrected chi connectivity index (χ1v) is 6.42. The van der Waals surface area contributed by atoms with Crippen molar-refractivity contribution in [2.24, 2.45) is 0 Å². The number of carboxylic acids is 1. The van der Waals surface area contributed by atoms with Gasteiger partial charge >= 0.3 is 12.0 Å². The van der Waals surface area contributed by atoms with Crippen LogP contribution in [-0.2, 0) is 11.3 Å². The Balaban J connectivity index is 2.50. The lowest BCUT2D eigenvalue weighted by molar-refractivity contribution is -0.384. The quantitative estimate of drug-likeness (QED) is 0.586. The summed E-state index contributed by atoms with van der Waals surface area (Å²) in [6.07, 6.45) is -0.112. The van der Waals surface area contributed by atoms with Gasteiger partial charge in [0, 0.05) is 31.8 Å². The maximum Gasteiger partial charge on any atom is 0.317 e. The number of urea groups is 1. The number of carboxylic acid groups (broad SMARTS) is 1. The molecule has 0 heterocycles. The molecule has 8 nitrogen and oxygen atoms in total. The van der Waals surface area contributed by atoms with E-state index >= 15 is 0 Å². The Morgan fingerprint density at radius 3 is 2.43 bits per heavy atom. The number of non-ortho nitro benzene ring substituents is 1.